The molecule has 1 aliphatic heterocycles. The maximum atomic E-state index is 12.3. The predicted molar refractivity (Wildman–Crippen MR) is 87.4 cm³/mol. The van der Waals surface area contributed by atoms with Crippen LogP contribution in [-0.4, -0.2) is 33.0 Å². The van der Waals surface area contributed by atoms with Crippen LogP contribution < -0.4 is 4.72 Å². The van der Waals surface area contributed by atoms with Gasteiger partial charge in [-0.2, -0.15) is 11.3 Å². The molecule has 114 valence electrons. The highest BCUT2D eigenvalue weighted by Gasteiger charge is 2.26. The molecule has 3 rings (SSSR count). The quantitative estimate of drug-likeness (QED) is 0.878. The molecule has 2 aromatic rings. The summed E-state index contributed by atoms with van der Waals surface area (Å²) in [5.41, 5.74) is 1.20. The third-order valence-corrected chi connectivity index (χ3v) is 7.26. The average Bonchev–Trinajstić information content (AvgIpc) is 3.23. The lowest BCUT2D eigenvalue weighted by molar-refractivity contribution is 0.247. The Kier molecular flexibility index (Phi) is 4.75. The zero-order valence-corrected chi connectivity index (χ0v) is 14.0. The summed E-state index contributed by atoms with van der Waals surface area (Å²) in [5, 5.41) is 5.94. The molecule has 1 N–H and O–H groups in total. The van der Waals surface area contributed by atoms with Gasteiger partial charge in [-0.15, -0.1) is 11.3 Å². The van der Waals surface area contributed by atoms with Gasteiger partial charge in [0.1, 0.15) is 4.21 Å². The van der Waals surface area contributed by atoms with Crippen LogP contribution in [0.3, 0.4) is 0 Å². The molecular weight excluding hydrogens is 324 g/mol. The van der Waals surface area contributed by atoms with E-state index in [1.54, 1.807) is 28.8 Å². The van der Waals surface area contributed by atoms with E-state index in [9.17, 15) is 8.42 Å². The van der Waals surface area contributed by atoms with E-state index in [4.69, 9.17) is 0 Å². The number of hydrogen-bond acceptors (Lipinski definition) is 5. The van der Waals surface area contributed by atoms with Crippen LogP contribution in [0.4, 0.5) is 0 Å². The van der Waals surface area contributed by atoms with Crippen LogP contribution in [-0.2, 0) is 10.0 Å². The van der Waals surface area contributed by atoms with Crippen molar-refractivity contribution in [3.8, 4) is 0 Å². The van der Waals surface area contributed by atoms with Crippen LogP contribution in [0.1, 0.15) is 24.4 Å². The van der Waals surface area contributed by atoms with E-state index in [1.807, 2.05) is 5.38 Å². The summed E-state index contributed by atoms with van der Waals surface area (Å²) in [6, 6.07) is 5.62. The molecule has 0 bridgehead atoms. The first-order valence-corrected chi connectivity index (χ1v) is 10.3. The summed E-state index contributed by atoms with van der Waals surface area (Å²) in [4.78, 5) is 2.37. The topological polar surface area (TPSA) is 49.4 Å². The van der Waals surface area contributed by atoms with Gasteiger partial charge in [0.25, 0.3) is 0 Å². The molecule has 2 aromatic heterocycles. The second-order valence-electron chi connectivity index (χ2n) is 5.10. The minimum absolute atomic E-state index is 0.133. The summed E-state index contributed by atoms with van der Waals surface area (Å²) in [5.74, 6) is 0. The summed E-state index contributed by atoms with van der Waals surface area (Å²) in [6.45, 7) is 2.51. The average molecular weight is 343 g/mol. The van der Waals surface area contributed by atoms with Gasteiger partial charge in [-0.3, -0.25) is 4.90 Å². The summed E-state index contributed by atoms with van der Waals surface area (Å²) in [6.07, 6.45) is 2.39. The van der Waals surface area contributed by atoms with Crippen molar-refractivity contribution >= 4 is 32.7 Å². The van der Waals surface area contributed by atoms with E-state index in [-0.39, 0.29) is 6.04 Å². The Morgan fingerprint density at radius 3 is 2.67 bits per heavy atom. The Balaban J connectivity index is 1.73. The van der Waals surface area contributed by atoms with Gasteiger partial charge in [-0.1, -0.05) is 6.07 Å². The Hall–Kier alpha value is -0.730. The van der Waals surface area contributed by atoms with Gasteiger partial charge in [-0.25, -0.2) is 13.1 Å². The highest BCUT2D eigenvalue weighted by Crippen LogP contribution is 2.27. The van der Waals surface area contributed by atoms with Crippen molar-refractivity contribution in [2.45, 2.75) is 23.1 Å². The van der Waals surface area contributed by atoms with E-state index >= 15 is 0 Å². The molecule has 1 saturated heterocycles. The monoisotopic (exact) mass is 342 g/mol. The predicted octanol–water partition coefficient (Wildman–Crippen LogP) is 2.93. The van der Waals surface area contributed by atoms with Crippen molar-refractivity contribution < 1.29 is 8.42 Å². The highest BCUT2D eigenvalue weighted by molar-refractivity contribution is 7.91. The van der Waals surface area contributed by atoms with Gasteiger partial charge in [0.2, 0.25) is 10.0 Å². The second-order valence-corrected chi connectivity index (χ2v) is 8.82. The van der Waals surface area contributed by atoms with Gasteiger partial charge in [0, 0.05) is 12.6 Å². The lowest BCUT2D eigenvalue weighted by Crippen LogP contribution is -2.36. The van der Waals surface area contributed by atoms with Gasteiger partial charge >= 0.3 is 0 Å². The van der Waals surface area contributed by atoms with Crippen molar-refractivity contribution in [3.63, 3.8) is 0 Å². The molecule has 21 heavy (non-hydrogen) atoms. The molecule has 1 unspecified atom stereocenters. The number of rotatable bonds is 6. The molecule has 0 aromatic carbocycles. The minimum Gasteiger partial charge on any atom is -0.295 e. The maximum absolute atomic E-state index is 12.3. The van der Waals surface area contributed by atoms with Crippen LogP contribution in [0, 0.1) is 0 Å². The van der Waals surface area contributed by atoms with E-state index < -0.39 is 10.0 Å². The van der Waals surface area contributed by atoms with E-state index in [2.05, 4.69) is 21.1 Å². The fourth-order valence-corrected chi connectivity index (χ4v) is 5.43. The summed E-state index contributed by atoms with van der Waals surface area (Å²) in [7, 11) is -3.39. The van der Waals surface area contributed by atoms with Crippen LogP contribution in [0.5, 0.6) is 0 Å². The van der Waals surface area contributed by atoms with Crippen LogP contribution in [0.25, 0.3) is 0 Å². The molecule has 0 aliphatic carbocycles. The molecular formula is C14H18N2O2S3. The van der Waals surface area contributed by atoms with Crippen molar-refractivity contribution in [1.29, 1.82) is 0 Å². The number of likely N-dealkylation sites (tertiary alicyclic amines) is 1. The van der Waals surface area contributed by atoms with E-state index in [0.29, 0.717) is 10.8 Å². The van der Waals surface area contributed by atoms with E-state index in [0.717, 1.165) is 13.1 Å². The van der Waals surface area contributed by atoms with Crippen LogP contribution in [0.15, 0.2) is 38.5 Å². The summed E-state index contributed by atoms with van der Waals surface area (Å²) >= 11 is 2.91. The van der Waals surface area contributed by atoms with Crippen molar-refractivity contribution in [1.82, 2.24) is 9.62 Å². The number of hydrogen-bond donors (Lipinski definition) is 1. The maximum Gasteiger partial charge on any atom is 0.250 e. The normalized spacial score (nSPS) is 18.1. The number of nitrogens with zero attached hydrogens (tertiary/aromatic N) is 1. The molecule has 0 radical (unpaired) electrons. The number of thiophene rings is 2. The zero-order valence-electron chi connectivity index (χ0n) is 11.6. The molecule has 7 heteroatoms. The second kappa shape index (κ2) is 6.58. The largest absolute Gasteiger partial charge is 0.295 e. The lowest BCUT2D eigenvalue weighted by atomic mass is 10.1. The number of nitrogens with one attached hydrogen (secondary N) is 1. The third-order valence-electron chi connectivity index (χ3n) is 3.74. The van der Waals surface area contributed by atoms with Gasteiger partial charge in [0.05, 0.1) is 0 Å². The first-order valence-electron chi connectivity index (χ1n) is 6.96. The van der Waals surface area contributed by atoms with Gasteiger partial charge in [-0.05, 0) is 59.8 Å². The smallest absolute Gasteiger partial charge is 0.250 e. The fourth-order valence-electron chi connectivity index (χ4n) is 2.65. The van der Waals surface area contributed by atoms with Crippen molar-refractivity contribution in [2.24, 2.45) is 0 Å². The Bertz CT molecular complexity index is 644. The van der Waals surface area contributed by atoms with Crippen LogP contribution in [0.2, 0.25) is 0 Å². The van der Waals surface area contributed by atoms with Crippen molar-refractivity contribution in [2.75, 3.05) is 19.6 Å². The molecule has 1 fully saturated rings. The SMILES string of the molecule is O=S(=O)(NCC(c1ccsc1)N1CCCC1)c1cccs1. The molecule has 0 saturated carbocycles. The first-order chi connectivity index (χ1) is 10.2. The van der Waals surface area contributed by atoms with Gasteiger partial charge in [0.15, 0.2) is 0 Å². The molecule has 1 atom stereocenters. The van der Waals surface area contributed by atoms with Gasteiger partial charge < -0.3 is 0 Å². The van der Waals surface area contributed by atoms with Crippen molar-refractivity contribution in [3.05, 3.63) is 39.9 Å². The Morgan fingerprint density at radius 1 is 1.24 bits per heavy atom. The third kappa shape index (κ3) is 3.54. The Morgan fingerprint density at radius 2 is 2.05 bits per heavy atom. The molecule has 3 heterocycles. The molecule has 0 spiro atoms. The summed E-state index contributed by atoms with van der Waals surface area (Å²) < 4.78 is 27.7. The molecule has 0 amide bonds. The highest BCUT2D eigenvalue weighted by atomic mass is 32.2. The zero-order chi connectivity index (χ0) is 14.7. The lowest BCUT2D eigenvalue weighted by Gasteiger charge is -2.27. The molecule has 4 nitrogen and oxygen atoms in total. The fraction of sp³-hybridized carbons (Fsp3) is 0.429. The molecule has 1 aliphatic rings. The standard InChI is InChI=1S/C14H18N2O2S3/c17-21(18,14-4-3-8-20-14)15-10-13(12-5-9-19-11-12)16-6-1-2-7-16/h3-5,8-9,11,13,15H,1-2,6-7,10H2. The van der Waals surface area contributed by atoms with E-state index in [1.165, 1.54) is 29.7 Å². The van der Waals surface area contributed by atoms with Crippen LogP contribution >= 0.6 is 22.7 Å². The minimum atomic E-state index is -3.39. The first kappa shape index (κ1) is 15.2. The number of sulfonamides is 1. The Labute approximate surface area is 133 Å².